The van der Waals surface area contributed by atoms with Gasteiger partial charge in [0.05, 0.1) is 6.61 Å². The molecule has 0 saturated carbocycles. The Bertz CT molecular complexity index is 622. The molecule has 25 heavy (non-hydrogen) atoms. The average molecular weight is 351 g/mol. The molecular weight excluding hydrogens is 326 g/mol. The zero-order valence-corrected chi connectivity index (χ0v) is 15.2. The van der Waals surface area contributed by atoms with E-state index >= 15 is 0 Å². The minimum atomic E-state index is -2.21. The third kappa shape index (κ3) is 5.29. The monoisotopic (exact) mass is 351 g/mol. The molecule has 1 amide bonds. The lowest BCUT2D eigenvalue weighted by atomic mass is 9.91. The number of hydroxylamine groups is 2. The smallest absolute Gasteiger partial charge is 0.435 e. The maximum absolute atomic E-state index is 12.8. The number of nitrogens with zero attached hydrogens (tertiary/aromatic N) is 1. The number of carbonyl (C=O) groups is 3. The summed E-state index contributed by atoms with van der Waals surface area (Å²) in [7, 11) is 0. The highest BCUT2D eigenvalue weighted by atomic mass is 16.6. The second kappa shape index (κ2) is 8.11. The van der Waals surface area contributed by atoms with E-state index in [2.05, 4.69) is 0 Å². The van der Waals surface area contributed by atoms with Crippen LogP contribution in [0.15, 0.2) is 30.3 Å². The highest BCUT2D eigenvalue weighted by Crippen LogP contribution is 2.22. The van der Waals surface area contributed by atoms with Gasteiger partial charge in [0.25, 0.3) is 0 Å². The lowest BCUT2D eigenvalue weighted by Gasteiger charge is -2.34. The highest BCUT2D eigenvalue weighted by molar-refractivity contribution is 6.10. The van der Waals surface area contributed by atoms with E-state index in [4.69, 9.17) is 9.47 Å². The Hall–Kier alpha value is -2.41. The Labute approximate surface area is 147 Å². The number of amides is 1. The van der Waals surface area contributed by atoms with Crippen LogP contribution in [0.3, 0.4) is 0 Å². The first-order valence-electron chi connectivity index (χ1n) is 7.99. The lowest BCUT2D eigenvalue weighted by Crippen LogP contribution is -2.60. The van der Waals surface area contributed by atoms with Crippen molar-refractivity contribution in [2.45, 2.75) is 52.2 Å². The molecule has 1 atom stereocenters. The van der Waals surface area contributed by atoms with Crippen LogP contribution >= 0.6 is 0 Å². The van der Waals surface area contributed by atoms with Crippen molar-refractivity contribution in [3.05, 3.63) is 35.9 Å². The average Bonchev–Trinajstić information content (AvgIpc) is 2.52. The van der Waals surface area contributed by atoms with Crippen LogP contribution in [0.25, 0.3) is 0 Å². The van der Waals surface area contributed by atoms with Gasteiger partial charge in [-0.25, -0.2) is 9.59 Å². The molecule has 1 aromatic rings. The fraction of sp³-hybridized carbons (Fsp3) is 0.500. The molecule has 1 unspecified atom stereocenters. The van der Waals surface area contributed by atoms with Crippen LogP contribution in [0, 0.1) is 0 Å². The van der Waals surface area contributed by atoms with Gasteiger partial charge in [-0.15, -0.1) is 0 Å². The largest absolute Gasteiger partial charge is 0.464 e. The minimum Gasteiger partial charge on any atom is -0.464 e. The van der Waals surface area contributed by atoms with Gasteiger partial charge in [0, 0.05) is 6.42 Å². The van der Waals surface area contributed by atoms with Crippen molar-refractivity contribution in [1.82, 2.24) is 5.06 Å². The van der Waals surface area contributed by atoms with Gasteiger partial charge in [-0.3, -0.25) is 10.0 Å². The molecule has 7 heteroatoms. The van der Waals surface area contributed by atoms with Crippen molar-refractivity contribution in [1.29, 1.82) is 0 Å². The van der Waals surface area contributed by atoms with E-state index in [1.807, 2.05) is 0 Å². The molecule has 0 aromatic heterocycles. The van der Waals surface area contributed by atoms with Crippen molar-refractivity contribution in [3.63, 3.8) is 0 Å². The molecule has 0 aliphatic rings. The highest BCUT2D eigenvalue weighted by Gasteiger charge is 2.51. The molecule has 0 saturated heterocycles. The molecule has 1 aromatic carbocycles. The first-order valence-corrected chi connectivity index (χ1v) is 7.99. The first kappa shape index (κ1) is 20.6. The van der Waals surface area contributed by atoms with Crippen LogP contribution in [0.2, 0.25) is 0 Å². The second-order valence-corrected chi connectivity index (χ2v) is 6.67. The molecule has 1 rings (SSSR count). The first-order chi connectivity index (χ1) is 11.5. The van der Waals surface area contributed by atoms with Crippen molar-refractivity contribution in [2.75, 3.05) is 6.61 Å². The molecule has 138 valence electrons. The molecule has 0 aliphatic carbocycles. The number of rotatable bonds is 6. The fourth-order valence-corrected chi connectivity index (χ4v) is 2.03. The van der Waals surface area contributed by atoms with Gasteiger partial charge in [0.2, 0.25) is 5.54 Å². The number of carbonyl (C=O) groups excluding carboxylic acids is 3. The van der Waals surface area contributed by atoms with Crippen LogP contribution in [-0.2, 0) is 25.5 Å². The third-order valence-electron chi connectivity index (χ3n) is 3.41. The van der Waals surface area contributed by atoms with Crippen LogP contribution in [-0.4, -0.2) is 45.9 Å². The van der Waals surface area contributed by atoms with E-state index in [-0.39, 0.29) is 18.1 Å². The Morgan fingerprint density at radius 1 is 1.08 bits per heavy atom. The summed E-state index contributed by atoms with van der Waals surface area (Å²) in [6.45, 7) is 7.51. The minimum absolute atomic E-state index is 0.00476. The van der Waals surface area contributed by atoms with Crippen LogP contribution in [0.4, 0.5) is 4.79 Å². The summed E-state index contributed by atoms with van der Waals surface area (Å²) in [6, 6.07) is 8.69. The number of benzene rings is 1. The number of ether oxygens (including phenoxy) is 2. The van der Waals surface area contributed by atoms with Crippen LogP contribution < -0.4 is 0 Å². The predicted molar refractivity (Wildman–Crippen MR) is 90.1 cm³/mol. The molecular formula is C18H25NO6. The van der Waals surface area contributed by atoms with Crippen molar-refractivity contribution >= 4 is 17.8 Å². The molecule has 0 aliphatic heterocycles. The standard InChI is InChI=1S/C18H25NO6/c1-6-24-15(21)18(5,19(23)16(22)25-17(2,3)4)14(20)12-13-10-8-7-9-11-13/h7-11,23H,6,12H2,1-5H3. The zero-order chi connectivity index (χ0) is 19.3. The zero-order valence-electron chi connectivity index (χ0n) is 15.2. The molecule has 1 N–H and O–H groups in total. The van der Waals surface area contributed by atoms with Crippen molar-refractivity contribution < 1.29 is 29.1 Å². The molecule has 0 fully saturated rings. The summed E-state index contributed by atoms with van der Waals surface area (Å²) in [5.74, 6) is -1.71. The van der Waals surface area contributed by atoms with E-state index in [9.17, 15) is 19.6 Å². The fourth-order valence-electron chi connectivity index (χ4n) is 2.03. The molecule has 0 radical (unpaired) electrons. The lowest BCUT2D eigenvalue weighted by molar-refractivity contribution is -0.191. The molecule has 0 bridgehead atoms. The van der Waals surface area contributed by atoms with E-state index < -0.39 is 29.0 Å². The second-order valence-electron chi connectivity index (χ2n) is 6.67. The number of Topliss-reactive ketones (excluding diaryl/α,β-unsaturated/α-hetero) is 1. The Kier molecular flexibility index (Phi) is 6.70. The third-order valence-corrected chi connectivity index (χ3v) is 3.41. The Morgan fingerprint density at radius 3 is 2.12 bits per heavy atom. The van der Waals surface area contributed by atoms with Gasteiger partial charge in [-0.05, 0) is 40.2 Å². The number of esters is 1. The molecule has 0 spiro atoms. The number of ketones is 1. The van der Waals surface area contributed by atoms with Gasteiger partial charge in [-0.1, -0.05) is 30.3 Å². The summed E-state index contributed by atoms with van der Waals surface area (Å²) in [5, 5.41) is 10.3. The van der Waals surface area contributed by atoms with Gasteiger partial charge >= 0.3 is 12.1 Å². The van der Waals surface area contributed by atoms with Crippen molar-refractivity contribution in [3.8, 4) is 0 Å². The summed E-state index contributed by atoms with van der Waals surface area (Å²) in [5.41, 5.74) is -2.48. The summed E-state index contributed by atoms with van der Waals surface area (Å²) in [4.78, 5) is 37.3. The van der Waals surface area contributed by atoms with Gasteiger partial charge in [0.1, 0.15) is 5.60 Å². The summed E-state index contributed by atoms with van der Waals surface area (Å²) < 4.78 is 9.95. The van der Waals surface area contributed by atoms with Gasteiger partial charge in [0.15, 0.2) is 5.78 Å². The van der Waals surface area contributed by atoms with Crippen LogP contribution in [0.1, 0.15) is 40.2 Å². The van der Waals surface area contributed by atoms with E-state index in [1.165, 1.54) is 0 Å². The Morgan fingerprint density at radius 2 is 1.64 bits per heavy atom. The molecule has 0 heterocycles. The topological polar surface area (TPSA) is 93.1 Å². The number of hydrogen-bond acceptors (Lipinski definition) is 6. The Balaban J connectivity index is 3.14. The molecule has 7 nitrogen and oxygen atoms in total. The predicted octanol–water partition coefficient (Wildman–Crippen LogP) is 2.75. The maximum atomic E-state index is 12.8. The van der Waals surface area contributed by atoms with E-state index in [0.717, 1.165) is 6.92 Å². The van der Waals surface area contributed by atoms with Gasteiger partial charge < -0.3 is 9.47 Å². The van der Waals surface area contributed by atoms with Gasteiger partial charge in [-0.2, -0.15) is 5.06 Å². The van der Waals surface area contributed by atoms with E-state index in [1.54, 1.807) is 58.0 Å². The van der Waals surface area contributed by atoms with E-state index in [0.29, 0.717) is 5.56 Å². The summed E-state index contributed by atoms with van der Waals surface area (Å²) >= 11 is 0. The summed E-state index contributed by atoms with van der Waals surface area (Å²) in [6.07, 6.45) is -1.36. The van der Waals surface area contributed by atoms with Crippen LogP contribution in [0.5, 0.6) is 0 Å². The van der Waals surface area contributed by atoms with Crippen molar-refractivity contribution in [2.24, 2.45) is 0 Å². The normalized spacial score (nSPS) is 13.5. The number of hydrogen-bond donors (Lipinski definition) is 1. The quantitative estimate of drug-likeness (QED) is 0.367. The SMILES string of the molecule is CCOC(=O)C(C)(C(=O)Cc1ccccc1)N(O)C(=O)OC(C)(C)C. The maximum Gasteiger partial charge on any atom is 0.435 e.